The van der Waals surface area contributed by atoms with Gasteiger partial charge >= 0.3 is 0 Å². The Morgan fingerprint density at radius 3 is 3.06 bits per heavy atom. The molecule has 0 aromatic carbocycles. The number of carbonyl (C=O) groups excluding carboxylic acids is 1. The normalized spacial score (nSPS) is 26.0. The summed E-state index contributed by atoms with van der Waals surface area (Å²) in [5, 5.41) is 9.08. The summed E-state index contributed by atoms with van der Waals surface area (Å²) >= 11 is 0. The van der Waals surface area contributed by atoms with E-state index in [1.165, 1.54) is 0 Å². The number of nitrogens with zero attached hydrogens (tertiary/aromatic N) is 1. The maximum absolute atomic E-state index is 10.5. The summed E-state index contributed by atoms with van der Waals surface area (Å²) in [6.07, 6.45) is 0.565. The molecule has 0 amide bonds. The molecule has 1 aromatic heterocycles. The Kier molecular flexibility index (Phi) is 3.93. The summed E-state index contributed by atoms with van der Waals surface area (Å²) in [5.74, 6) is 1.11. The largest absolute Gasteiger partial charge is 0.457 e. The molecule has 0 radical (unpaired) electrons. The van der Waals surface area contributed by atoms with Gasteiger partial charge in [0.25, 0.3) is 0 Å². The fourth-order valence-electron chi connectivity index (χ4n) is 1.95. The van der Waals surface area contributed by atoms with E-state index in [0.717, 1.165) is 5.76 Å². The van der Waals surface area contributed by atoms with Crippen LogP contribution in [0.5, 0.6) is 0 Å². The standard InChI is InChI=1S/C12H17NO4/c1-9-8-16-12(7-15)5-13(9)4-10-2-3-11(6-14)17-10/h2-3,6,9,12,15H,4-5,7-8H2,1H3. The van der Waals surface area contributed by atoms with Gasteiger partial charge in [0.05, 0.1) is 25.9 Å². The number of aldehydes is 1. The predicted octanol–water partition coefficient (Wildman–Crippen LogP) is 0.674. The molecule has 94 valence electrons. The lowest BCUT2D eigenvalue weighted by Gasteiger charge is -2.36. The van der Waals surface area contributed by atoms with Crippen LogP contribution in [0, 0.1) is 0 Å². The second kappa shape index (κ2) is 5.44. The molecule has 1 aliphatic rings. The SMILES string of the molecule is CC1COC(CO)CN1Cc1ccc(C=O)o1. The Labute approximate surface area is 100.0 Å². The fourth-order valence-corrected chi connectivity index (χ4v) is 1.95. The van der Waals surface area contributed by atoms with Gasteiger partial charge in [-0.05, 0) is 19.1 Å². The lowest BCUT2D eigenvalue weighted by Crippen LogP contribution is -2.48. The first-order chi connectivity index (χ1) is 8.22. The van der Waals surface area contributed by atoms with Gasteiger partial charge in [0.2, 0.25) is 0 Å². The van der Waals surface area contributed by atoms with E-state index in [9.17, 15) is 4.79 Å². The molecule has 2 heterocycles. The second-order valence-corrected chi connectivity index (χ2v) is 4.34. The number of ether oxygens (including phenoxy) is 1. The van der Waals surface area contributed by atoms with E-state index in [-0.39, 0.29) is 18.8 Å². The molecular formula is C12H17NO4. The third-order valence-corrected chi connectivity index (χ3v) is 3.00. The van der Waals surface area contributed by atoms with Gasteiger partial charge in [-0.3, -0.25) is 9.69 Å². The van der Waals surface area contributed by atoms with Crippen molar-refractivity contribution in [3.8, 4) is 0 Å². The Bertz CT molecular complexity index is 376. The van der Waals surface area contributed by atoms with Crippen molar-refractivity contribution in [1.29, 1.82) is 0 Å². The summed E-state index contributed by atoms with van der Waals surface area (Å²) in [5.41, 5.74) is 0. The number of rotatable bonds is 4. The van der Waals surface area contributed by atoms with Gasteiger partial charge in [-0.1, -0.05) is 0 Å². The molecule has 2 atom stereocenters. The zero-order chi connectivity index (χ0) is 12.3. The topological polar surface area (TPSA) is 62.9 Å². The smallest absolute Gasteiger partial charge is 0.185 e. The number of aliphatic hydroxyl groups excluding tert-OH is 1. The Hall–Kier alpha value is -1.17. The predicted molar refractivity (Wildman–Crippen MR) is 60.8 cm³/mol. The maximum Gasteiger partial charge on any atom is 0.185 e. The molecule has 2 rings (SSSR count). The average molecular weight is 239 g/mol. The number of furan rings is 1. The van der Waals surface area contributed by atoms with Crippen molar-refractivity contribution in [3.63, 3.8) is 0 Å². The van der Waals surface area contributed by atoms with Gasteiger partial charge in [-0.15, -0.1) is 0 Å². The Balaban J connectivity index is 1.98. The molecule has 1 N–H and O–H groups in total. The highest BCUT2D eigenvalue weighted by molar-refractivity contribution is 5.70. The fraction of sp³-hybridized carbons (Fsp3) is 0.583. The monoisotopic (exact) mass is 239 g/mol. The van der Waals surface area contributed by atoms with Crippen LogP contribution < -0.4 is 0 Å². The summed E-state index contributed by atoms with van der Waals surface area (Å²) in [7, 11) is 0. The lowest BCUT2D eigenvalue weighted by molar-refractivity contribution is -0.0820. The highest BCUT2D eigenvalue weighted by Crippen LogP contribution is 2.16. The summed E-state index contributed by atoms with van der Waals surface area (Å²) in [6, 6.07) is 3.75. The molecule has 0 spiro atoms. The minimum absolute atomic E-state index is 0.0287. The average Bonchev–Trinajstić information content (AvgIpc) is 2.80. The molecule has 5 heteroatoms. The van der Waals surface area contributed by atoms with Crippen LogP contribution in [0.4, 0.5) is 0 Å². The van der Waals surface area contributed by atoms with Crippen LogP contribution in [0.2, 0.25) is 0 Å². The molecular weight excluding hydrogens is 222 g/mol. The quantitative estimate of drug-likeness (QED) is 0.783. The van der Waals surface area contributed by atoms with Crippen LogP contribution in [0.3, 0.4) is 0 Å². The van der Waals surface area contributed by atoms with Crippen molar-refractivity contribution in [1.82, 2.24) is 4.90 Å². The van der Waals surface area contributed by atoms with Crippen molar-refractivity contribution in [2.75, 3.05) is 19.8 Å². The number of carbonyl (C=O) groups is 1. The molecule has 0 saturated carbocycles. The highest BCUT2D eigenvalue weighted by Gasteiger charge is 2.26. The highest BCUT2D eigenvalue weighted by atomic mass is 16.5. The van der Waals surface area contributed by atoms with Crippen molar-refractivity contribution in [3.05, 3.63) is 23.7 Å². The first-order valence-electron chi connectivity index (χ1n) is 5.73. The van der Waals surface area contributed by atoms with Gasteiger partial charge in [-0.25, -0.2) is 0 Å². The van der Waals surface area contributed by atoms with E-state index in [0.29, 0.717) is 31.7 Å². The van der Waals surface area contributed by atoms with E-state index in [4.69, 9.17) is 14.3 Å². The second-order valence-electron chi connectivity index (χ2n) is 4.34. The van der Waals surface area contributed by atoms with Gasteiger partial charge in [0, 0.05) is 12.6 Å². The van der Waals surface area contributed by atoms with Crippen LogP contribution in [0.25, 0.3) is 0 Å². The summed E-state index contributed by atoms with van der Waals surface area (Å²) in [4.78, 5) is 12.7. The number of morpholine rings is 1. The first kappa shape index (κ1) is 12.3. The maximum atomic E-state index is 10.5. The summed E-state index contributed by atoms with van der Waals surface area (Å²) in [6.45, 7) is 4.01. The van der Waals surface area contributed by atoms with E-state index in [1.807, 2.05) is 0 Å². The van der Waals surface area contributed by atoms with E-state index in [2.05, 4.69) is 11.8 Å². The molecule has 2 unspecified atom stereocenters. The molecule has 5 nitrogen and oxygen atoms in total. The molecule has 0 bridgehead atoms. The molecule has 1 aliphatic heterocycles. The van der Waals surface area contributed by atoms with Gasteiger partial charge in [-0.2, -0.15) is 0 Å². The van der Waals surface area contributed by atoms with E-state index in [1.54, 1.807) is 12.1 Å². The van der Waals surface area contributed by atoms with Crippen LogP contribution >= 0.6 is 0 Å². The van der Waals surface area contributed by atoms with Crippen LogP contribution in [-0.4, -0.2) is 48.2 Å². The van der Waals surface area contributed by atoms with Crippen molar-refractivity contribution in [2.45, 2.75) is 25.6 Å². The molecule has 1 saturated heterocycles. The third kappa shape index (κ3) is 2.94. The van der Waals surface area contributed by atoms with Crippen molar-refractivity contribution in [2.24, 2.45) is 0 Å². The zero-order valence-corrected chi connectivity index (χ0v) is 9.83. The van der Waals surface area contributed by atoms with Crippen molar-refractivity contribution < 1.29 is 19.1 Å². The Morgan fingerprint density at radius 2 is 2.41 bits per heavy atom. The van der Waals surface area contributed by atoms with Gasteiger partial charge in [0.15, 0.2) is 12.0 Å². The molecule has 1 fully saturated rings. The third-order valence-electron chi connectivity index (χ3n) is 3.00. The number of aliphatic hydroxyl groups is 1. The van der Waals surface area contributed by atoms with Crippen molar-refractivity contribution >= 4 is 6.29 Å². The summed E-state index contributed by atoms with van der Waals surface area (Å²) < 4.78 is 10.8. The van der Waals surface area contributed by atoms with Crippen LogP contribution in [0.15, 0.2) is 16.5 Å². The van der Waals surface area contributed by atoms with E-state index >= 15 is 0 Å². The number of hydrogen-bond acceptors (Lipinski definition) is 5. The minimum atomic E-state index is -0.133. The Morgan fingerprint density at radius 1 is 1.59 bits per heavy atom. The van der Waals surface area contributed by atoms with Gasteiger partial charge < -0.3 is 14.3 Å². The van der Waals surface area contributed by atoms with Crippen LogP contribution in [-0.2, 0) is 11.3 Å². The van der Waals surface area contributed by atoms with Crippen LogP contribution in [0.1, 0.15) is 23.2 Å². The molecule has 1 aromatic rings. The van der Waals surface area contributed by atoms with Gasteiger partial charge in [0.1, 0.15) is 5.76 Å². The number of hydrogen-bond donors (Lipinski definition) is 1. The minimum Gasteiger partial charge on any atom is -0.457 e. The lowest BCUT2D eigenvalue weighted by atomic mass is 10.2. The molecule has 0 aliphatic carbocycles. The molecule has 17 heavy (non-hydrogen) atoms. The van der Waals surface area contributed by atoms with E-state index < -0.39 is 0 Å². The zero-order valence-electron chi connectivity index (χ0n) is 9.83. The first-order valence-corrected chi connectivity index (χ1v) is 5.73.